The molecule has 0 saturated carbocycles. The number of hydrogen-bond acceptors (Lipinski definition) is 1. The van der Waals surface area contributed by atoms with E-state index >= 15 is 0 Å². The first-order valence-electron chi connectivity index (χ1n) is 5.59. The molecule has 0 aliphatic carbocycles. The highest BCUT2D eigenvalue weighted by Crippen LogP contribution is 2.28. The van der Waals surface area contributed by atoms with Crippen LogP contribution in [0.25, 0.3) is 0 Å². The largest absolute Gasteiger partial charge is 0.286 e. The van der Waals surface area contributed by atoms with E-state index < -0.39 is 0 Å². The topological polar surface area (TPSA) is 29.0 Å². The summed E-state index contributed by atoms with van der Waals surface area (Å²) in [5, 5.41) is 1.22. The minimum absolute atomic E-state index is 0.612. The average Bonchev–Trinajstić information content (AvgIpc) is 2.66. The summed E-state index contributed by atoms with van der Waals surface area (Å²) in [4.78, 5) is 0. The van der Waals surface area contributed by atoms with E-state index in [-0.39, 0.29) is 0 Å². The lowest BCUT2D eigenvalue weighted by Gasteiger charge is -2.04. The van der Waals surface area contributed by atoms with Gasteiger partial charge in [-0.15, -0.1) is 0 Å². The molecule has 0 aromatic heterocycles. The van der Waals surface area contributed by atoms with E-state index in [1.807, 2.05) is 34.9 Å². The van der Waals surface area contributed by atoms with Crippen molar-refractivity contribution in [1.29, 1.82) is 0 Å². The van der Waals surface area contributed by atoms with Crippen LogP contribution in [0.2, 0.25) is 10.0 Å². The van der Waals surface area contributed by atoms with Gasteiger partial charge in [0, 0.05) is 27.7 Å². The van der Waals surface area contributed by atoms with Gasteiger partial charge in [0.2, 0.25) is 0 Å². The second-order valence-corrected chi connectivity index (χ2v) is 5.13. The second kappa shape index (κ2) is 4.30. The molecule has 0 unspecified atom stereocenters. The van der Waals surface area contributed by atoms with Gasteiger partial charge in [0.05, 0.1) is 5.56 Å². The highest BCUT2D eigenvalue weighted by atomic mass is 35.5. The maximum atomic E-state index is 6.18. The van der Waals surface area contributed by atoms with E-state index in [2.05, 4.69) is 6.07 Å². The molecule has 1 aliphatic heterocycles. The Labute approximate surface area is 115 Å². The Morgan fingerprint density at radius 2 is 1.67 bits per heavy atom. The Kier molecular flexibility index (Phi) is 2.77. The van der Waals surface area contributed by atoms with Crippen molar-refractivity contribution in [2.75, 3.05) is 0 Å². The molecule has 90 valence electrons. The van der Waals surface area contributed by atoms with Gasteiger partial charge < -0.3 is 0 Å². The van der Waals surface area contributed by atoms with E-state index in [1.54, 1.807) is 6.07 Å². The maximum absolute atomic E-state index is 6.18. The molecule has 0 radical (unpaired) electrons. The molecule has 1 aliphatic rings. The number of nitrogens with two attached hydrogens (primary N) is 1. The molecule has 4 heteroatoms. The number of amidine groups is 1. The fourth-order valence-corrected chi connectivity index (χ4v) is 2.75. The summed E-state index contributed by atoms with van der Waals surface area (Å²) in [6.07, 6.45) is 0. The van der Waals surface area contributed by atoms with Crippen LogP contribution < -0.4 is 5.73 Å². The Balaban J connectivity index is 2.12. The summed E-state index contributed by atoms with van der Waals surface area (Å²) in [6, 6.07) is 13.6. The lowest BCUT2D eigenvalue weighted by Crippen LogP contribution is -2.20. The van der Waals surface area contributed by atoms with Gasteiger partial charge in [-0.2, -0.15) is 0 Å². The van der Waals surface area contributed by atoms with Crippen LogP contribution in [-0.2, 0) is 6.54 Å². The molecule has 0 bridgehead atoms. The predicted molar refractivity (Wildman–Crippen MR) is 74.8 cm³/mol. The van der Waals surface area contributed by atoms with Crippen molar-refractivity contribution in [3.63, 3.8) is 0 Å². The van der Waals surface area contributed by atoms with Crippen molar-refractivity contribution in [2.45, 2.75) is 6.54 Å². The zero-order valence-corrected chi connectivity index (χ0v) is 11.0. The molecular formula is C14H11Cl2N2+. The number of rotatable bonds is 1. The summed E-state index contributed by atoms with van der Waals surface area (Å²) in [5.41, 5.74) is 9.39. The lowest BCUT2D eigenvalue weighted by molar-refractivity contribution is -0.453. The van der Waals surface area contributed by atoms with Crippen LogP contribution in [0, 0.1) is 0 Å². The summed E-state index contributed by atoms with van der Waals surface area (Å²) >= 11 is 12.1. The van der Waals surface area contributed by atoms with Crippen LogP contribution in [-0.4, -0.2) is 10.4 Å². The monoisotopic (exact) mass is 277 g/mol. The summed E-state index contributed by atoms with van der Waals surface area (Å²) in [5.74, 6) is 0.740. The van der Waals surface area contributed by atoms with E-state index in [0.29, 0.717) is 10.0 Å². The molecule has 2 aromatic carbocycles. The van der Waals surface area contributed by atoms with Gasteiger partial charge >= 0.3 is 0 Å². The molecule has 1 heterocycles. The predicted octanol–water partition coefficient (Wildman–Crippen LogP) is 3.56. The molecule has 2 N–H and O–H groups in total. The van der Waals surface area contributed by atoms with E-state index in [0.717, 1.165) is 23.6 Å². The molecule has 0 saturated heterocycles. The van der Waals surface area contributed by atoms with Crippen LogP contribution in [0.4, 0.5) is 5.69 Å². The fraction of sp³-hybridized carbons (Fsp3) is 0.0714. The van der Waals surface area contributed by atoms with Crippen LogP contribution in [0.1, 0.15) is 11.1 Å². The van der Waals surface area contributed by atoms with Crippen LogP contribution >= 0.6 is 23.2 Å². The SMILES string of the molecule is NC1=[N+](c2cc(Cl)cc(Cl)c2)Cc2ccccc21. The van der Waals surface area contributed by atoms with Crippen molar-refractivity contribution in [3.05, 3.63) is 63.6 Å². The molecule has 2 nitrogen and oxygen atoms in total. The third-order valence-electron chi connectivity index (χ3n) is 3.07. The lowest BCUT2D eigenvalue weighted by atomic mass is 10.1. The van der Waals surface area contributed by atoms with E-state index in [4.69, 9.17) is 28.9 Å². The van der Waals surface area contributed by atoms with Gasteiger partial charge in [-0.25, -0.2) is 4.58 Å². The summed E-state index contributed by atoms with van der Waals surface area (Å²) < 4.78 is 2.02. The standard InChI is InChI=1S/C14H10Cl2N2/c15-10-5-11(16)7-12(6-10)18-8-9-3-1-2-4-13(9)14(18)17/h1-7,17H,8H2/p+1. The number of halogens is 2. The molecule has 0 atom stereocenters. The van der Waals surface area contributed by atoms with Crippen LogP contribution in [0.15, 0.2) is 42.5 Å². The molecule has 18 heavy (non-hydrogen) atoms. The zero-order chi connectivity index (χ0) is 12.7. The first-order valence-corrected chi connectivity index (χ1v) is 6.35. The van der Waals surface area contributed by atoms with Crippen molar-refractivity contribution >= 4 is 34.7 Å². The number of nitrogens with zero attached hydrogens (tertiary/aromatic N) is 1. The third-order valence-corrected chi connectivity index (χ3v) is 3.51. The van der Waals surface area contributed by atoms with Gasteiger partial charge in [0.1, 0.15) is 12.2 Å². The van der Waals surface area contributed by atoms with E-state index in [9.17, 15) is 0 Å². The average molecular weight is 278 g/mol. The maximum Gasteiger partial charge on any atom is 0.280 e. The summed E-state index contributed by atoms with van der Waals surface area (Å²) in [6.45, 7) is 0.749. The van der Waals surface area contributed by atoms with Gasteiger partial charge in [-0.1, -0.05) is 41.4 Å². The summed E-state index contributed by atoms with van der Waals surface area (Å²) in [7, 11) is 0. The van der Waals surface area contributed by atoms with Gasteiger partial charge in [0.25, 0.3) is 5.84 Å². The van der Waals surface area contributed by atoms with Crippen LogP contribution in [0.5, 0.6) is 0 Å². The fourth-order valence-electron chi connectivity index (χ4n) is 2.23. The molecule has 0 fully saturated rings. The van der Waals surface area contributed by atoms with Crippen molar-refractivity contribution in [1.82, 2.24) is 0 Å². The Hall–Kier alpha value is -1.51. The van der Waals surface area contributed by atoms with Gasteiger partial charge in [-0.05, 0) is 12.1 Å². The number of benzene rings is 2. The molecule has 0 spiro atoms. The molecule has 3 rings (SSSR count). The van der Waals surface area contributed by atoms with Gasteiger partial charge in [-0.3, -0.25) is 5.73 Å². The molecular weight excluding hydrogens is 267 g/mol. The van der Waals surface area contributed by atoms with Crippen molar-refractivity contribution in [3.8, 4) is 0 Å². The van der Waals surface area contributed by atoms with Crippen LogP contribution in [0.3, 0.4) is 0 Å². The normalized spacial score (nSPS) is 13.9. The first kappa shape index (κ1) is 11.6. The Morgan fingerprint density at radius 1 is 1.00 bits per heavy atom. The van der Waals surface area contributed by atoms with Crippen molar-refractivity contribution in [2.24, 2.45) is 5.73 Å². The Bertz CT molecular complexity index is 642. The van der Waals surface area contributed by atoms with E-state index in [1.165, 1.54) is 5.56 Å². The quantitative estimate of drug-likeness (QED) is 0.794. The second-order valence-electron chi connectivity index (χ2n) is 4.26. The minimum atomic E-state index is 0.612. The molecule has 0 amide bonds. The van der Waals surface area contributed by atoms with Gasteiger partial charge in [0.15, 0.2) is 0 Å². The zero-order valence-electron chi connectivity index (χ0n) is 9.53. The van der Waals surface area contributed by atoms with Crippen molar-refractivity contribution < 1.29 is 4.58 Å². The minimum Gasteiger partial charge on any atom is -0.286 e. The number of fused-ring (bicyclic) bond motifs is 1. The molecule has 2 aromatic rings. The highest BCUT2D eigenvalue weighted by Gasteiger charge is 2.25. The third kappa shape index (κ3) is 1.88. The highest BCUT2D eigenvalue weighted by molar-refractivity contribution is 6.34. The first-order chi connectivity index (χ1) is 8.65. The smallest absolute Gasteiger partial charge is 0.280 e. The Morgan fingerprint density at radius 3 is 2.33 bits per heavy atom. The number of hydrogen-bond donors (Lipinski definition) is 1.